The summed E-state index contributed by atoms with van der Waals surface area (Å²) in [5.41, 5.74) is 7.73. The summed E-state index contributed by atoms with van der Waals surface area (Å²) in [7, 11) is 0. The van der Waals surface area contributed by atoms with Gasteiger partial charge in [-0.1, -0.05) is 6.07 Å². The normalized spacial score (nSPS) is 12.0. The highest BCUT2D eigenvalue weighted by Crippen LogP contribution is 2.20. The topological polar surface area (TPSA) is 46.2 Å². The summed E-state index contributed by atoms with van der Waals surface area (Å²) < 4.78 is 12.8. The second-order valence-electron chi connectivity index (χ2n) is 3.47. The van der Waals surface area contributed by atoms with Gasteiger partial charge in [-0.25, -0.2) is 4.39 Å². The highest BCUT2D eigenvalue weighted by molar-refractivity contribution is 5.85. The Morgan fingerprint density at radius 2 is 2.13 bits per heavy atom. The van der Waals surface area contributed by atoms with E-state index in [0.29, 0.717) is 6.42 Å². The molecular weight excluding hydrogens is 217 g/mol. The van der Waals surface area contributed by atoms with Gasteiger partial charge in [0.2, 0.25) is 0 Å². The summed E-state index contributed by atoms with van der Waals surface area (Å²) >= 11 is 0. The Kier molecular flexibility index (Phi) is 6.48. The third-order valence-corrected chi connectivity index (χ3v) is 2.30. The van der Waals surface area contributed by atoms with Gasteiger partial charge in [-0.15, -0.1) is 12.4 Å². The Morgan fingerprint density at radius 1 is 1.47 bits per heavy atom. The first kappa shape index (κ1) is 14.4. The zero-order valence-electron chi connectivity index (χ0n) is 8.74. The third kappa shape index (κ3) is 4.16. The van der Waals surface area contributed by atoms with Gasteiger partial charge in [0.1, 0.15) is 5.82 Å². The monoisotopic (exact) mass is 233 g/mol. The highest BCUT2D eigenvalue weighted by atomic mass is 35.5. The summed E-state index contributed by atoms with van der Waals surface area (Å²) in [6, 6.07) is 4.50. The van der Waals surface area contributed by atoms with E-state index in [0.717, 1.165) is 17.5 Å². The van der Waals surface area contributed by atoms with Gasteiger partial charge in [-0.2, -0.15) is 0 Å². The van der Waals surface area contributed by atoms with Crippen LogP contribution < -0.4 is 5.73 Å². The number of halogens is 2. The van der Waals surface area contributed by atoms with Crippen LogP contribution in [0.15, 0.2) is 18.2 Å². The second-order valence-corrected chi connectivity index (χ2v) is 3.47. The largest absolute Gasteiger partial charge is 0.396 e. The molecule has 0 bridgehead atoms. The molecular formula is C11H17ClFNO. The fourth-order valence-corrected chi connectivity index (χ4v) is 1.52. The number of rotatable bonds is 4. The van der Waals surface area contributed by atoms with E-state index in [9.17, 15) is 4.39 Å². The van der Waals surface area contributed by atoms with Gasteiger partial charge in [0.05, 0.1) is 0 Å². The van der Waals surface area contributed by atoms with E-state index in [4.69, 9.17) is 10.8 Å². The molecule has 1 atom stereocenters. The molecule has 86 valence electrons. The van der Waals surface area contributed by atoms with Crippen LogP contribution in [0.2, 0.25) is 0 Å². The Hall–Kier alpha value is -0.640. The number of hydrogen-bond acceptors (Lipinski definition) is 2. The van der Waals surface area contributed by atoms with E-state index >= 15 is 0 Å². The van der Waals surface area contributed by atoms with E-state index in [1.807, 2.05) is 6.92 Å². The first-order valence-electron chi connectivity index (χ1n) is 4.77. The Bertz CT molecular complexity index is 307. The quantitative estimate of drug-likeness (QED) is 0.839. The van der Waals surface area contributed by atoms with Crippen molar-refractivity contribution < 1.29 is 9.50 Å². The van der Waals surface area contributed by atoms with Gasteiger partial charge in [0.15, 0.2) is 0 Å². The molecule has 4 heteroatoms. The number of nitrogens with two attached hydrogens (primary N) is 1. The van der Waals surface area contributed by atoms with Gasteiger partial charge in [0, 0.05) is 12.6 Å². The first-order valence-corrected chi connectivity index (χ1v) is 4.77. The lowest BCUT2D eigenvalue weighted by Crippen LogP contribution is -2.12. The predicted octanol–water partition coefficient (Wildman–Crippen LogP) is 2.33. The van der Waals surface area contributed by atoms with Crippen molar-refractivity contribution in [2.24, 2.45) is 5.73 Å². The van der Waals surface area contributed by atoms with Gasteiger partial charge in [-0.05, 0) is 43.0 Å². The maximum Gasteiger partial charge on any atom is 0.123 e. The van der Waals surface area contributed by atoms with Crippen LogP contribution >= 0.6 is 12.4 Å². The van der Waals surface area contributed by atoms with Crippen LogP contribution in [-0.2, 0) is 0 Å². The van der Waals surface area contributed by atoms with Gasteiger partial charge in [0.25, 0.3) is 0 Å². The molecule has 0 saturated carbocycles. The van der Waals surface area contributed by atoms with E-state index in [1.165, 1.54) is 12.1 Å². The van der Waals surface area contributed by atoms with Crippen LogP contribution in [-0.4, -0.2) is 11.7 Å². The average molecular weight is 234 g/mol. The van der Waals surface area contributed by atoms with Crippen LogP contribution in [0.4, 0.5) is 4.39 Å². The molecule has 0 heterocycles. The molecule has 0 aliphatic rings. The first-order chi connectivity index (χ1) is 6.65. The molecule has 2 nitrogen and oxygen atoms in total. The summed E-state index contributed by atoms with van der Waals surface area (Å²) in [5.74, 6) is -0.236. The highest BCUT2D eigenvalue weighted by Gasteiger charge is 2.08. The van der Waals surface area contributed by atoms with E-state index in [-0.39, 0.29) is 30.9 Å². The number of aliphatic hydroxyl groups excluding tert-OH is 1. The van der Waals surface area contributed by atoms with Crippen molar-refractivity contribution >= 4 is 12.4 Å². The Morgan fingerprint density at radius 3 is 2.67 bits per heavy atom. The number of aryl methyl sites for hydroxylation is 1. The van der Waals surface area contributed by atoms with Crippen molar-refractivity contribution in [3.05, 3.63) is 35.1 Å². The van der Waals surface area contributed by atoms with Crippen molar-refractivity contribution in [1.29, 1.82) is 0 Å². The number of hydrogen-bond donors (Lipinski definition) is 2. The lowest BCUT2D eigenvalue weighted by molar-refractivity contribution is 0.280. The van der Waals surface area contributed by atoms with E-state index in [2.05, 4.69) is 0 Å². The molecule has 3 N–H and O–H groups in total. The molecule has 0 amide bonds. The van der Waals surface area contributed by atoms with Crippen molar-refractivity contribution in [3.8, 4) is 0 Å². The molecule has 0 spiro atoms. The molecule has 1 aromatic rings. The summed E-state index contributed by atoms with van der Waals surface area (Å²) in [4.78, 5) is 0. The lowest BCUT2D eigenvalue weighted by Gasteiger charge is -2.13. The van der Waals surface area contributed by atoms with Crippen LogP contribution in [0, 0.1) is 12.7 Å². The van der Waals surface area contributed by atoms with Crippen LogP contribution in [0.3, 0.4) is 0 Å². The summed E-state index contributed by atoms with van der Waals surface area (Å²) in [6.45, 7) is 1.99. The van der Waals surface area contributed by atoms with Crippen molar-refractivity contribution in [1.82, 2.24) is 0 Å². The minimum Gasteiger partial charge on any atom is -0.396 e. The zero-order valence-corrected chi connectivity index (χ0v) is 9.56. The molecule has 1 rings (SSSR count). The van der Waals surface area contributed by atoms with Crippen LogP contribution in [0.1, 0.15) is 30.0 Å². The molecule has 0 unspecified atom stereocenters. The number of aliphatic hydroxyl groups is 1. The molecule has 15 heavy (non-hydrogen) atoms. The fraction of sp³-hybridized carbons (Fsp3) is 0.455. The Labute approximate surface area is 95.7 Å². The van der Waals surface area contributed by atoms with Gasteiger partial charge >= 0.3 is 0 Å². The van der Waals surface area contributed by atoms with Crippen LogP contribution in [0.5, 0.6) is 0 Å². The van der Waals surface area contributed by atoms with Crippen molar-refractivity contribution in [3.63, 3.8) is 0 Å². The maximum absolute atomic E-state index is 12.8. The van der Waals surface area contributed by atoms with Gasteiger partial charge < -0.3 is 10.8 Å². The van der Waals surface area contributed by atoms with Crippen LogP contribution in [0.25, 0.3) is 0 Å². The fourth-order valence-electron chi connectivity index (χ4n) is 1.52. The Balaban J connectivity index is 0.00000196. The number of benzene rings is 1. The zero-order chi connectivity index (χ0) is 10.6. The molecule has 1 aromatic carbocycles. The summed E-state index contributed by atoms with van der Waals surface area (Å²) in [5, 5.41) is 8.66. The molecule has 0 radical (unpaired) electrons. The van der Waals surface area contributed by atoms with Gasteiger partial charge in [-0.3, -0.25) is 0 Å². The van der Waals surface area contributed by atoms with Crippen molar-refractivity contribution in [2.75, 3.05) is 6.61 Å². The third-order valence-electron chi connectivity index (χ3n) is 2.30. The minimum absolute atomic E-state index is 0. The SMILES string of the molecule is Cc1cc(F)ccc1[C@@H](N)CCCO.Cl. The lowest BCUT2D eigenvalue weighted by atomic mass is 9.98. The van der Waals surface area contributed by atoms with Crippen molar-refractivity contribution in [2.45, 2.75) is 25.8 Å². The minimum atomic E-state index is -0.236. The molecule has 0 saturated heterocycles. The van der Waals surface area contributed by atoms with E-state index < -0.39 is 0 Å². The smallest absolute Gasteiger partial charge is 0.123 e. The summed E-state index contributed by atoms with van der Waals surface area (Å²) in [6.07, 6.45) is 1.40. The second kappa shape index (κ2) is 6.77. The molecule has 0 aliphatic heterocycles. The average Bonchev–Trinajstić information content (AvgIpc) is 2.14. The molecule has 0 aliphatic carbocycles. The van der Waals surface area contributed by atoms with E-state index in [1.54, 1.807) is 6.07 Å². The molecule has 0 aromatic heterocycles. The maximum atomic E-state index is 12.8. The predicted molar refractivity (Wildman–Crippen MR) is 61.6 cm³/mol. The standard InChI is InChI=1S/C11H16FNO.ClH/c1-8-7-9(12)4-5-10(8)11(13)3-2-6-14;/h4-5,7,11,14H,2-3,6,13H2,1H3;1H/t11-;/m0./s1. The molecule has 0 fully saturated rings.